The summed E-state index contributed by atoms with van der Waals surface area (Å²) >= 11 is 1.69. The molecule has 2 heterocycles. The van der Waals surface area contributed by atoms with Gasteiger partial charge in [-0.1, -0.05) is 0 Å². The SMILES string of the molecule is CSCC[C@H](NC(C)=O)C(=O)N1CCN(Cc2nccn2C)CC1. The van der Waals surface area contributed by atoms with Gasteiger partial charge in [-0.15, -0.1) is 0 Å². The van der Waals surface area contributed by atoms with Gasteiger partial charge in [-0.05, 0) is 18.4 Å². The van der Waals surface area contributed by atoms with E-state index in [-0.39, 0.29) is 11.8 Å². The van der Waals surface area contributed by atoms with Crippen LogP contribution in [-0.2, 0) is 23.2 Å². The summed E-state index contributed by atoms with van der Waals surface area (Å²) in [5.74, 6) is 1.78. The normalized spacial score (nSPS) is 16.9. The average Bonchev–Trinajstić information content (AvgIpc) is 2.96. The number of thioether (sulfide) groups is 1. The molecule has 1 aliphatic rings. The Labute approximate surface area is 147 Å². The molecule has 7 nitrogen and oxygen atoms in total. The fraction of sp³-hybridized carbons (Fsp3) is 0.688. The van der Waals surface area contributed by atoms with E-state index in [0.29, 0.717) is 19.5 Å². The summed E-state index contributed by atoms with van der Waals surface area (Å²) in [5.41, 5.74) is 0. The number of amides is 2. The first-order chi connectivity index (χ1) is 11.5. The zero-order chi connectivity index (χ0) is 17.5. The van der Waals surface area contributed by atoms with Crippen LogP contribution >= 0.6 is 11.8 Å². The third kappa shape index (κ3) is 5.24. The average molecular weight is 353 g/mol. The molecule has 0 spiro atoms. The van der Waals surface area contributed by atoms with Crippen LogP contribution < -0.4 is 5.32 Å². The molecule has 1 N–H and O–H groups in total. The smallest absolute Gasteiger partial charge is 0.245 e. The predicted molar refractivity (Wildman–Crippen MR) is 95.7 cm³/mol. The third-order valence-electron chi connectivity index (χ3n) is 4.26. The van der Waals surface area contributed by atoms with Gasteiger partial charge in [-0.2, -0.15) is 11.8 Å². The number of piperazine rings is 1. The largest absolute Gasteiger partial charge is 0.345 e. The van der Waals surface area contributed by atoms with Crippen LogP contribution in [0.5, 0.6) is 0 Å². The van der Waals surface area contributed by atoms with Gasteiger partial charge in [0.2, 0.25) is 11.8 Å². The number of aryl methyl sites for hydroxylation is 1. The number of nitrogens with one attached hydrogen (secondary N) is 1. The highest BCUT2D eigenvalue weighted by Crippen LogP contribution is 2.10. The summed E-state index contributed by atoms with van der Waals surface area (Å²) in [7, 11) is 1.99. The number of rotatable bonds is 7. The lowest BCUT2D eigenvalue weighted by molar-refractivity contribution is -0.137. The standard InChI is InChI=1S/C16H27N5O2S/c1-13(22)18-14(4-11-24-3)16(23)21-9-7-20(8-10-21)12-15-17-5-6-19(15)2/h5-6,14H,4,7-12H2,1-3H3,(H,18,22)/t14-/m0/s1. The highest BCUT2D eigenvalue weighted by molar-refractivity contribution is 7.98. The van der Waals surface area contributed by atoms with Crippen molar-refractivity contribution in [2.45, 2.75) is 25.9 Å². The van der Waals surface area contributed by atoms with E-state index in [1.54, 1.807) is 18.0 Å². The van der Waals surface area contributed by atoms with Crippen LogP contribution in [0.3, 0.4) is 0 Å². The molecule has 1 fully saturated rings. The molecule has 0 radical (unpaired) electrons. The molecule has 0 unspecified atom stereocenters. The molecule has 0 saturated carbocycles. The second-order valence-electron chi connectivity index (χ2n) is 6.09. The molecule has 1 saturated heterocycles. The molecule has 2 rings (SSSR count). The molecule has 0 aromatic carbocycles. The summed E-state index contributed by atoms with van der Waals surface area (Å²) in [6.07, 6.45) is 6.43. The van der Waals surface area contributed by atoms with Crippen molar-refractivity contribution in [2.24, 2.45) is 7.05 Å². The maximum absolute atomic E-state index is 12.7. The van der Waals surface area contributed by atoms with Crippen molar-refractivity contribution >= 4 is 23.6 Å². The van der Waals surface area contributed by atoms with Crippen LogP contribution in [0.2, 0.25) is 0 Å². The third-order valence-corrected chi connectivity index (χ3v) is 4.90. The molecule has 2 amide bonds. The van der Waals surface area contributed by atoms with Crippen LogP contribution in [-0.4, -0.2) is 75.4 Å². The highest BCUT2D eigenvalue weighted by Gasteiger charge is 2.28. The van der Waals surface area contributed by atoms with Gasteiger partial charge < -0.3 is 14.8 Å². The Morgan fingerprint density at radius 3 is 2.58 bits per heavy atom. The van der Waals surface area contributed by atoms with E-state index >= 15 is 0 Å². The number of carbonyl (C=O) groups is 2. The minimum absolute atomic E-state index is 0.0379. The summed E-state index contributed by atoms with van der Waals surface area (Å²) < 4.78 is 2.02. The summed E-state index contributed by atoms with van der Waals surface area (Å²) in [6.45, 7) is 5.30. The van der Waals surface area contributed by atoms with Gasteiger partial charge in [0.05, 0.1) is 6.54 Å². The molecule has 134 valence electrons. The van der Waals surface area contributed by atoms with E-state index in [9.17, 15) is 9.59 Å². The molecule has 1 aromatic heterocycles. The van der Waals surface area contributed by atoms with Gasteiger partial charge >= 0.3 is 0 Å². The van der Waals surface area contributed by atoms with E-state index < -0.39 is 6.04 Å². The first-order valence-electron chi connectivity index (χ1n) is 8.24. The van der Waals surface area contributed by atoms with Gasteiger partial charge in [0, 0.05) is 52.5 Å². The first kappa shape index (κ1) is 18.8. The number of imidazole rings is 1. The number of nitrogens with zero attached hydrogens (tertiary/aromatic N) is 4. The van der Waals surface area contributed by atoms with Crippen molar-refractivity contribution in [1.29, 1.82) is 0 Å². The van der Waals surface area contributed by atoms with Crippen molar-refractivity contribution in [3.63, 3.8) is 0 Å². The Bertz CT molecular complexity index is 554. The van der Waals surface area contributed by atoms with Gasteiger partial charge in [0.25, 0.3) is 0 Å². The van der Waals surface area contributed by atoms with E-state index in [1.165, 1.54) is 6.92 Å². The maximum Gasteiger partial charge on any atom is 0.245 e. The van der Waals surface area contributed by atoms with E-state index in [1.807, 2.05) is 29.0 Å². The van der Waals surface area contributed by atoms with Crippen molar-refractivity contribution in [1.82, 2.24) is 24.7 Å². The summed E-state index contributed by atoms with van der Waals surface area (Å²) in [6, 6.07) is -0.406. The second-order valence-corrected chi connectivity index (χ2v) is 7.08. The minimum atomic E-state index is -0.406. The van der Waals surface area contributed by atoms with E-state index in [4.69, 9.17) is 0 Å². The lowest BCUT2D eigenvalue weighted by Gasteiger charge is -2.36. The summed E-state index contributed by atoms with van der Waals surface area (Å²) in [5, 5.41) is 2.80. The van der Waals surface area contributed by atoms with Gasteiger partial charge in [0.1, 0.15) is 11.9 Å². The predicted octanol–water partition coefficient (Wildman–Crippen LogP) is 0.322. The van der Waals surface area contributed by atoms with Crippen molar-refractivity contribution in [2.75, 3.05) is 38.2 Å². The Balaban J connectivity index is 1.86. The van der Waals surface area contributed by atoms with Gasteiger partial charge in [-0.3, -0.25) is 14.5 Å². The Kier molecular flexibility index (Phi) is 7.11. The number of hydrogen-bond donors (Lipinski definition) is 1. The topological polar surface area (TPSA) is 70.5 Å². The van der Waals surface area contributed by atoms with E-state index in [2.05, 4.69) is 15.2 Å². The molecule has 8 heteroatoms. The lowest BCUT2D eigenvalue weighted by Crippen LogP contribution is -2.54. The molecule has 0 aliphatic carbocycles. The molecule has 1 aromatic rings. The second kappa shape index (κ2) is 9.08. The molecular formula is C16H27N5O2S. The van der Waals surface area contributed by atoms with Crippen molar-refractivity contribution in [3.05, 3.63) is 18.2 Å². The Morgan fingerprint density at radius 2 is 2.04 bits per heavy atom. The molecule has 1 atom stereocenters. The minimum Gasteiger partial charge on any atom is -0.345 e. The van der Waals surface area contributed by atoms with Crippen molar-refractivity contribution < 1.29 is 9.59 Å². The fourth-order valence-electron chi connectivity index (χ4n) is 2.83. The van der Waals surface area contributed by atoms with E-state index in [0.717, 1.165) is 31.2 Å². The monoisotopic (exact) mass is 353 g/mol. The van der Waals surface area contributed by atoms with Crippen LogP contribution in [0.15, 0.2) is 12.4 Å². The quantitative estimate of drug-likeness (QED) is 0.765. The summed E-state index contributed by atoms with van der Waals surface area (Å²) in [4.78, 5) is 32.6. The first-order valence-corrected chi connectivity index (χ1v) is 9.64. The van der Waals surface area contributed by atoms with Crippen LogP contribution in [0.25, 0.3) is 0 Å². The van der Waals surface area contributed by atoms with Crippen molar-refractivity contribution in [3.8, 4) is 0 Å². The van der Waals surface area contributed by atoms with Gasteiger partial charge in [-0.25, -0.2) is 4.98 Å². The zero-order valence-corrected chi connectivity index (χ0v) is 15.5. The molecular weight excluding hydrogens is 326 g/mol. The Hall–Kier alpha value is -1.54. The van der Waals surface area contributed by atoms with Crippen LogP contribution in [0, 0.1) is 0 Å². The molecule has 0 bridgehead atoms. The lowest BCUT2D eigenvalue weighted by atomic mass is 10.1. The zero-order valence-electron chi connectivity index (χ0n) is 14.7. The maximum atomic E-state index is 12.7. The molecule has 24 heavy (non-hydrogen) atoms. The number of aromatic nitrogens is 2. The molecule has 1 aliphatic heterocycles. The Morgan fingerprint density at radius 1 is 1.33 bits per heavy atom. The van der Waals surface area contributed by atoms with Gasteiger partial charge in [0.15, 0.2) is 0 Å². The number of carbonyl (C=O) groups excluding carboxylic acids is 2. The van der Waals surface area contributed by atoms with Crippen LogP contribution in [0.1, 0.15) is 19.2 Å². The number of hydrogen-bond acceptors (Lipinski definition) is 5. The van der Waals surface area contributed by atoms with Crippen LogP contribution in [0.4, 0.5) is 0 Å². The highest BCUT2D eigenvalue weighted by atomic mass is 32.2. The fourth-order valence-corrected chi connectivity index (χ4v) is 3.31.